The number of benzene rings is 1. The Balaban J connectivity index is 1.77. The highest BCUT2D eigenvalue weighted by molar-refractivity contribution is 7.89. The van der Waals surface area contributed by atoms with Crippen molar-refractivity contribution in [2.75, 3.05) is 31.3 Å². The summed E-state index contributed by atoms with van der Waals surface area (Å²) in [7, 11) is -2.56. The fourth-order valence-electron chi connectivity index (χ4n) is 3.05. The molecule has 0 bridgehead atoms. The number of ether oxygens (including phenoxy) is 2. The number of hydrogen-bond acceptors (Lipinski definition) is 8. The molecule has 3 rings (SSSR count). The van der Waals surface area contributed by atoms with E-state index in [-0.39, 0.29) is 23.9 Å². The first-order valence-corrected chi connectivity index (χ1v) is 11.1. The number of carbonyl (C=O) groups is 1. The van der Waals surface area contributed by atoms with E-state index in [1.54, 1.807) is 18.2 Å². The number of fused-ring (bicyclic) bond motifs is 1. The Bertz CT molecular complexity index is 1160. The smallest absolute Gasteiger partial charge is 0.275 e. The highest BCUT2D eigenvalue weighted by Gasteiger charge is 2.30. The van der Waals surface area contributed by atoms with Crippen LogP contribution in [0.15, 0.2) is 30.6 Å². The molecule has 1 amide bonds. The summed E-state index contributed by atoms with van der Waals surface area (Å²) in [6.45, 7) is 0.392. The third-order valence-electron chi connectivity index (χ3n) is 4.76. The van der Waals surface area contributed by atoms with Gasteiger partial charge >= 0.3 is 0 Å². The van der Waals surface area contributed by atoms with Crippen LogP contribution in [0.4, 0.5) is 5.69 Å². The molecule has 4 N–H and O–H groups in total. The van der Waals surface area contributed by atoms with Crippen LogP contribution >= 0.6 is 0 Å². The van der Waals surface area contributed by atoms with E-state index in [4.69, 9.17) is 27.0 Å². The lowest BCUT2D eigenvalue weighted by Gasteiger charge is -2.28. The maximum atomic E-state index is 12.5. The third kappa shape index (κ3) is 5.25. The number of nitrogens with two attached hydrogens (primary N) is 1. The van der Waals surface area contributed by atoms with E-state index in [1.165, 1.54) is 19.4 Å². The number of amides is 1. The van der Waals surface area contributed by atoms with Crippen LogP contribution < -0.4 is 20.5 Å². The summed E-state index contributed by atoms with van der Waals surface area (Å²) in [6.07, 6.45) is 8.12. The molecule has 0 radical (unpaired) electrons. The number of rotatable bonds is 7. The topological polar surface area (TPSA) is 161 Å². The maximum Gasteiger partial charge on any atom is 0.275 e. The molecule has 32 heavy (non-hydrogen) atoms. The van der Waals surface area contributed by atoms with Crippen LogP contribution in [0.25, 0.3) is 0 Å². The van der Waals surface area contributed by atoms with Gasteiger partial charge in [-0.15, -0.1) is 6.42 Å². The Hall–Kier alpha value is -3.85. The van der Waals surface area contributed by atoms with Crippen molar-refractivity contribution in [2.45, 2.75) is 12.3 Å². The molecule has 1 atom stereocenters. The molecule has 11 nitrogen and oxygen atoms in total. The zero-order chi connectivity index (χ0) is 23.3. The quantitative estimate of drug-likeness (QED) is 0.311. The largest absolute Gasteiger partial charge is 0.493 e. The van der Waals surface area contributed by atoms with E-state index in [0.717, 1.165) is 4.31 Å². The van der Waals surface area contributed by atoms with Crippen molar-refractivity contribution < 1.29 is 22.7 Å². The van der Waals surface area contributed by atoms with Crippen molar-refractivity contribution in [2.24, 2.45) is 5.73 Å². The second-order valence-corrected chi connectivity index (χ2v) is 8.95. The van der Waals surface area contributed by atoms with Gasteiger partial charge in [0.25, 0.3) is 5.91 Å². The van der Waals surface area contributed by atoms with Gasteiger partial charge in [0.1, 0.15) is 11.4 Å². The van der Waals surface area contributed by atoms with Crippen LogP contribution in [-0.4, -0.2) is 60.6 Å². The second-order valence-electron chi connectivity index (χ2n) is 6.90. The fraction of sp³-hybridized carbons (Fsp3) is 0.300. The molecular formula is C20H22N6O5S. The normalized spacial score (nSPS) is 14.9. The molecule has 0 saturated heterocycles. The summed E-state index contributed by atoms with van der Waals surface area (Å²) < 4.78 is 36.6. The molecular weight excluding hydrogens is 436 g/mol. The predicted molar refractivity (Wildman–Crippen MR) is 117 cm³/mol. The molecule has 0 aliphatic carbocycles. The third-order valence-corrected chi connectivity index (χ3v) is 6.62. The number of guanidine groups is 1. The lowest BCUT2D eigenvalue weighted by Crippen LogP contribution is -2.40. The molecule has 1 aliphatic heterocycles. The average Bonchev–Trinajstić information content (AvgIpc) is 2.77. The first-order chi connectivity index (χ1) is 15.2. The van der Waals surface area contributed by atoms with E-state index >= 15 is 0 Å². The van der Waals surface area contributed by atoms with E-state index in [1.807, 2.05) is 0 Å². The lowest BCUT2D eigenvalue weighted by molar-refractivity contribution is 0.102. The molecule has 1 aliphatic rings. The van der Waals surface area contributed by atoms with Crippen molar-refractivity contribution in [3.05, 3.63) is 41.9 Å². The fourth-order valence-corrected chi connectivity index (χ4v) is 4.43. The van der Waals surface area contributed by atoms with Crippen molar-refractivity contribution in [3.8, 4) is 24.0 Å². The number of aromatic nitrogens is 2. The van der Waals surface area contributed by atoms with E-state index in [2.05, 4.69) is 21.2 Å². The summed E-state index contributed by atoms with van der Waals surface area (Å²) in [5, 5.41) is 10.1. The maximum absolute atomic E-state index is 12.5. The highest BCUT2D eigenvalue weighted by atomic mass is 32.2. The number of sulfonamides is 1. The SMILES string of the molecule is C#CCOc1cnc(C(=O)Nc2ccc3c(c2)C(CS(=O)(=O)N(C)C(=N)N)CCO3)cn1. The van der Waals surface area contributed by atoms with Gasteiger partial charge in [-0.1, -0.05) is 5.92 Å². The second kappa shape index (κ2) is 9.52. The Kier molecular flexibility index (Phi) is 6.79. The number of nitrogens with one attached hydrogen (secondary N) is 2. The molecule has 168 valence electrons. The van der Waals surface area contributed by atoms with Crippen LogP contribution in [0.5, 0.6) is 11.6 Å². The molecule has 0 fully saturated rings. The van der Waals surface area contributed by atoms with E-state index in [0.29, 0.717) is 30.0 Å². The summed E-state index contributed by atoms with van der Waals surface area (Å²) in [5.74, 6) is 1.34. The number of nitrogens with zero attached hydrogens (tertiary/aromatic N) is 3. The van der Waals surface area contributed by atoms with Crippen LogP contribution in [0.1, 0.15) is 28.4 Å². The van der Waals surface area contributed by atoms with Crippen LogP contribution in [0, 0.1) is 17.8 Å². The Labute approximate surface area is 185 Å². The standard InChI is InChI=1S/C20H22N6O5S/c1-3-7-31-18-11-23-16(10-24-18)19(27)25-14-4-5-17-15(9-14)13(6-8-30-17)12-32(28,29)26(2)20(21)22/h1,4-5,9-11,13H,6-8,12H2,2H3,(H3,21,22)(H,25,27). The van der Waals surface area contributed by atoms with Crippen molar-refractivity contribution in [1.82, 2.24) is 14.3 Å². The van der Waals surface area contributed by atoms with Gasteiger partial charge in [0.15, 0.2) is 6.61 Å². The van der Waals surface area contributed by atoms with Crippen molar-refractivity contribution in [3.63, 3.8) is 0 Å². The van der Waals surface area contributed by atoms with Gasteiger partial charge in [-0.05, 0) is 24.6 Å². The van der Waals surface area contributed by atoms with Crippen LogP contribution in [0.2, 0.25) is 0 Å². The lowest BCUT2D eigenvalue weighted by atomic mass is 9.94. The number of carbonyl (C=O) groups excluding carboxylic acids is 1. The average molecular weight is 459 g/mol. The Morgan fingerprint density at radius 3 is 2.88 bits per heavy atom. The van der Waals surface area contributed by atoms with Gasteiger partial charge in [0.05, 0.1) is 24.8 Å². The summed E-state index contributed by atoms with van der Waals surface area (Å²) in [6, 6.07) is 4.98. The van der Waals surface area contributed by atoms with Gasteiger partial charge in [-0.2, -0.15) is 0 Å². The van der Waals surface area contributed by atoms with Crippen LogP contribution in [-0.2, 0) is 10.0 Å². The molecule has 1 unspecified atom stereocenters. The minimum absolute atomic E-state index is 0.0382. The van der Waals surface area contributed by atoms with Crippen molar-refractivity contribution >= 4 is 27.6 Å². The minimum atomic E-state index is -3.79. The van der Waals surface area contributed by atoms with Crippen LogP contribution in [0.3, 0.4) is 0 Å². The van der Waals surface area contributed by atoms with Crippen molar-refractivity contribution in [1.29, 1.82) is 5.41 Å². The van der Waals surface area contributed by atoms with E-state index in [9.17, 15) is 13.2 Å². The predicted octanol–water partition coefficient (Wildman–Crippen LogP) is 0.762. The highest BCUT2D eigenvalue weighted by Crippen LogP contribution is 2.36. The first-order valence-electron chi connectivity index (χ1n) is 9.48. The minimum Gasteiger partial charge on any atom is -0.493 e. The number of anilines is 1. The summed E-state index contributed by atoms with van der Waals surface area (Å²) in [5.41, 5.74) is 6.46. The monoisotopic (exact) mass is 458 g/mol. The molecule has 2 aromatic rings. The van der Waals surface area contributed by atoms with E-state index < -0.39 is 27.8 Å². The molecule has 1 aromatic heterocycles. The molecule has 12 heteroatoms. The molecule has 1 aromatic carbocycles. The van der Waals surface area contributed by atoms with Gasteiger partial charge < -0.3 is 20.5 Å². The number of terminal acetylenes is 1. The molecule has 0 saturated carbocycles. The van der Waals surface area contributed by atoms with Gasteiger partial charge in [0, 0.05) is 24.2 Å². The molecule has 0 spiro atoms. The Morgan fingerprint density at radius 2 is 2.22 bits per heavy atom. The van der Waals surface area contributed by atoms with Gasteiger partial charge in [-0.25, -0.2) is 22.7 Å². The molecule has 2 heterocycles. The Morgan fingerprint density at radius 1 is 1.44 bits per heavy atom. The van der Waals surface area contributed by atoms with Gasteiger partial charge in [0.2, 0.25) is 21.9 Å². The summed E-state index contributed by atoms with van der Waals surface area (Å²) in [4.78, 5) is 20.5. The summed E-state index contributed by atoms with van der Waals surface area (Å²) >= 11 is 0. The number of hydrogen-bond donors (Lipinski definition) is 3. The zero-order valence-corrected chi connectivity index (χ0v) is 18.1. The zero-order valence-electron chi connectivity index (χ0n) is 17.2. The van der Waals surface area contributed by atoms with Gasteiger partial charge in [-0.3, -0.25) is 10.2 Å². The first kappa shape index (κ1) is 22.8.